The first-order valence-electron chi connectivity index (χ1n) is 7.81. The number of aromatic nitrogens is 4. The molecule has 0 saturated carbocycles. The van der Waals surface area contributed by atoms with Crippen LogP contribution in [0.5, 0.6) is 0 Å². The highest BCUT2D eigenvalue weighted by molar-refractivity contribution is 5.67. The second kappa shape index (κ2) is 5.86. The molecule has 1 fully saturated rings. The van der Waals surface area contributed by atoms with E-state index in [0.717, 1.165) is 49.2 Å². The molecule has 6 heteroatoms. The number of pyridine rings is 1. The Bertz CT molecular complexity index is 867. The van der Waals surface area contributed by atoms with Crippen LogP contribution in [-0.4, -0.2) is 32.6 Å². The van der Waals surface area contributed by atoms with Gasteiger partial charge in [0.05, 0.1) is 23.5 Å². The van der Waals surface area contributed by atoms with E-state index in [-0.39, 0.29) is 0 Å². The number of nitrogens with zero attached hydrogens (tertiary/aromatic N) is 5. The fourth-order valence-electron chi connectivity index (χ4n) is 3.05. The van der Waals surface area contributed by atoms with Crippen LogP contribution in [0.15, 0.2) is 36.9 Å². The first kappa shape index (κ1) is 14.0. The molecule has 0 N–H and O–H groups in total. The van der Waals surface area contributed by atoms with Crippen LogP contribution in [0.4, 0.5) is 0 Å². The van der Waals surface area contributed by atoms with Crippen molar-refractivity contribution in [2.75, 3.05) is 13.2 Å². The van der Waals surface area contributed by atoms with Gasteiger partial charge in [0.15, 0.2) is 0 Å². The van der Waals surface area contributed by atoms with Crippen molar-refractivity contribution in [1.82, 2.24) is 19.4 Å². The quantitative estimate of drug-likeness (QED) is 0.745. The van der Waals surface area contributed by atoms with Crippen LogP contribution in [0, 0.1) is 17.2 Å². The van der Waals surface area contributed by atoms with Crippen LogP contribution in [0.25, 0.3) is 16.6 Å². The first-order chi connectivity index (χ1) is 11.3. The highest BCUT2D eigenvalue weighted by Crippen LogP contribution is 2.22. The van der Waals surface area contributed by atoms with E-state index in [1.807, 2.05) is 29.2 Å². The van der Waals surface area contributed by atoms with Crippen LogP contribution < -0.4 is 0 Å². The van der Waals surface area contributed by atoms with E-state index in [0.29, 0.717) is 11.5 Å². The van der Waals surface area contributed by atoms with Gasteiger partial charge in [-0.15, -0.1) is 0 Å². The van der Waals surface area contributed by atoms with Crippen LogP contribution >= 0.6 is 0 Å². The lowest BCUT2D eigenvalue weighted by Crippen LogP contribution is -2.20. The Morgan fingerprint density at radius 2 is 2.00 bits per heavy atom. The van der Waals surface area contributed by atoms with Crippen LogP contribution in [0.2, 0.25) is 0 Å². The number of nitriles is 1. The summed E-state index contributed by atoms with van der Waals surface area (Å²) in [5.74, 6) is 0.642. The predicted molar refractivity (Wildman–Crippen MR) is 84.7 cm³/mol. The van der Waals surface area contributed by atoms with Gasteiger partial charge in [-0.2, -0.15) is 15.5 Å². The van der Waals surface area contributed by atoms with Gasteiger partial charge in [0.25, 0.3) is 0 Å². The summed E-state index contributed by atoms with van der Waals surface area (Å²) in [6.07, 6.45) is 9.69. The molecule has 0 bridgehead atoms. The van der Waals surface area contributed by atoms with Crippen molar-refractivity contribution in [2.24, 2.45) is 5.92 Å². The molecule has 6 nitrogen and oxygen atoms in total. The fourth-order valence-corrected chi connectivity index (χ4v) is 3.05. The molecule has 0 amide bonds. The van der Waals surface area contributed by atoms with E-state index >= 15 is 0 Å². The molecule has 4 heterocycles. The molecule has 23 heavy (non-hydrogen) atoms. The van der Waals surface area contributed by atoms with Crippen molar-refractivity contribution in [3.63, 3.8) is 0 Å². The smallest absolute Gasteiger partial charge is 0.103 e. The van der Waals surface area contributed by atoms with E-state index in [1.165, 1.54) is 0 Å². The maximum Gasteiger partial charge on any atom is 0.103 e. The number of hydrogen-bond donors (Lipinski definition) is 0. The van der Waals surface area contributed by atoms with Crippen LogP contribution in [-0.2, 0) is 11.3 Å². The molecule has 0 atom stereocenters. The predicted octanol–water partition coefficient (Wildman–Crippen LogP) is 2.50. The largest absolute Gasteiger partial charge is 0.381 e. The molecule has 1 aliphatic rings. The molecule has 4 rings (SSSR count). The second-order valence-corrected chi connectivity index (χ2v) is 5.92. The van der Waals surface area contributed by atoms with E-state index in [9.17, 15) is 0 Å². The minimum atomic E-state index is 0.590. The van der Waals surface area contributed by atoms with Gasteiger partial charge >= 0.3 is 0 Å². The molecular formula is C17H17N5O. The van der Waals surface area contributed by atoms with Gasteiger partial charge in [-0.25, -0.2) is 4.52 Å². The summed E-state index contributed by atoms with van der Waals surface area (Å²) >= 11 is 0. The molecule has 3 aromatic heterocycles. The SMILES string of the molecule is N#Cc1cnn2cc(-c3cnn(CC4CCOCC4)c3)ccc12. The third-order valence-corrected chi connectivity index (χ3v) is 4.39. The minimum absolute atomic E-state index is 0.590. The maximum absolute atomic E-state index is 9.04. The van der Waals surface area contributed by atoms with E-state index in [1.54, 1.807) is 10.7 Å². The Morgan fingerprint density at radius 1 is 1.13 bits per heavy atom. The lowest BCUT2D eigenvalue weighted by molar-refractivity contribution is 0.0601. The van der Waals surface area contributed by atoms with Gasteiger partial charge in [-0.3, -0.25) is 4.68 Å². The number of hydrogen-bond acceptors (Lipinski definition) is 4. The summed E-state index contributed by atoms with van der Waals surface area (Å²) in [6, 6.07) is 6.08. The summed E-state index contributed by atoms with van der Waals surface area (Å²) in [5, 5.41) is 17.8. The molecule has 0 aliphatic carbocycles. The van der Waals surface area contributed by atoms with Crippen molar-refractivity contribution in [1.29, 1.82) is 5.26 Å². The van der Waals surface area contributed by atoms with Crippen molar-refractivity contribution >= 4 is 5.52 Å². The highest BCUT2D eigenvalue weighted by Gasteiger charge is 2.15. The number of ether oxygens (including phenoxy) is 1. The molecule has 0 radical (unpaired) electrons. The van der Waals surface area contributed by atoms with Gasteiger partial charge in [0.2, 0.25) is 0 Å². The molecular weight excluding hydrogens is 290 g/mol. The fraction of sp³-hybridized carbons (Fsp3) is 0.353. The number of rotatable bonds is 3. The summed E-state index contributed by atoms with van der Waals surface area (Å²) in [6.45, 7) is 2.65. The average molecular weight is 307 g/mol. The maximum atomic E-state index is 9.04. The Hall–Kier alpha value is -2.65. The zero-order valence-corrected chi connectivity index (χ0v) is 12.7. The van der Waals surface area contributed by atoms with E-state index in [4.69, 9.17) is 10.00 Å². The summed E-state index contributed by atoms with van der Waals surface area (Å²) < 4.78 is 9.15. The van der Waals surface area contributed by atoms with Crippen LogP contribution in [0.3, 0.4) is 0 Å². The third-order valence-electron chi connectivity index (χ3n) is 4.39. The van der Waals surface area contributed by atoms with Gasteiger partial charge in [-0.05, 0) is 24.8 Å². The minimum Gasteiger partial charge on any atom is -0.381 e. The monoisotopic (exact) mass is 307 g/mol. The summed E-state index contributed by atoms with van der Waals surface area (Å²) in [5.41, 5.74) is 3.52. The third kappa shape index (κ3) is 2.71. The van der Waals surface area contributed by atoms with Gasteiger partial charge in [-0.1, -0.05) is 6.07 Å². The Labute approximate surface area is 133 Å². The van der Waals surface area contributed by atoms with Crippen molar-refractivity contribution in [2.45, 2.75) is 19.4 Å². The van der Waals surface area contributed by atoms with Gasteiger partial charge in [0, 0.05) is 43.3 Å². The Morgan fingerprint density at radius 3 is 2.83 bits per heavy atom. The molecule has 1 saturated heterocycles. The van der Waals surface area contributed by atoms with Crippen molar-refractivity contribution in [3.8, 4) is 17.2 Å². The zero-order valence-electron chi connectivity index (χ0n) is 12.7. The molecule has 116 valence electrons. The van der Waals surface area contributed by atoms with E-state index in [2.05, 4.69) is 22.5 Å². The standard InChI is InChI=1S/C17H17N5O/c18-7-15-8-20-22-12-14(1-2-17(15)22)16-9-19-21(11-16)10-13-3-5-23-6-4-13/h1-2,8-9,11-13H,3-6,10H2. The molecule has 3 aromatic rings. The topological polar surface area (TPSA) is 68.1 Å². The highest BCUT2D eigenvalue weighted by atomic mass is 16.5. The molecule has 1 aliphatic heterocycles. The molecule has 0 unspecified atom stereocenters. The number of fused-ring (bicyclic) bond motifs is 1. The molecule has 0 spiro atoms. The average Bonchev–Trinajstić information content (AvgIpc) is 3.21. The second-order valence-electron chi connectivity index (χ2n) is 5.92. The van der Waals surface area contributed by atoms with Crippen molar-refractivity contribution < 1.29 is 4.74 Å². The first-order valence-corrected chi connectivity index (χ1v) is 7.81. The van der Waals surface area contributed by atoms with E-state index < -0.39 is 0 Å². The zero-order chi connectivity index (χ0) is 15.6. The Kier molecular flexibility index (Phi) is 3.56. The molecule has 0 aromatic carbocycles. The summed E-state index contributed by atoms with van der Waals surface area (Å²) in [4.78, 5) is 0. The lowest BCUT2D eigenvalue weighted by Gasteiger charge is -2.21. The van der Waals surface area contributed by atoms with Crippen molar-refractivity contribution in [3.05, 3.63) is 42.5 Å². The van der Waals surface area contributed by atoms with Gasteiger partial charge in [0.1, 0.15) is 6.07 Å². The van der Waals surface area contributed by atoms with Gasteiger partial charge < -0.3 is 4.74 Å². The van der Waals surface area contributed by atoms with Crippen LogP contribution in [0.1, 0.15) is 18.4 Å². The summed E-state index contributed by atoms with van der Waals surface area (Å²) in [7, 11) is 0. The lowest BCUT2D eigenvalue weighted by atomic mass is 10.0. The normalized spacial score (nSPS) is 15.8. The Balaban J connectivity index is 1.57.